The van der Waals surface area contributed by atoms with Crippen LogP contribution in [-0.4, -0.2) is 46.9 Å². The van der Waals surface area contributed by atoms with Crippen LogP contribution in [0.5, 0.6) is 0 Å². The largest absolute Gasteiger partial charge is 0.481 e. The molecule has 1 aliphatic rings. The standard InChI is InChI=1S/C8H9N3O6S/c12-6-5(1-9-8(15)10-6)18(16,17)11-2-4(3-11)7(13)14/h1,4H,2-3H2,(H,13,14)(H2,9,10,12,15). The summed E-state index contributed by atoms with van der Waals surface area (Å²) in [5, 5.41) is 8.64. The maximum absolute atomic E-state index is 11.9. The first-order valence-electron chi connectivity index (χ1n) is 4.87. The molecule has 10 heteroatoms. The fraction of sp³-hybridized carbons (Fsp3) is 0.375. The van der Waals surface area contributed by atoms with Crippen LogP contribution in [0, 0.1) is 5.92 Å². The molecule has 0 radical (unpaired) electrons. The Balaban J connectivity index is 2.31. The topological polar surface area (TPSA) is 140 Å². The van der Waals surface area contributed by atoms with Gasteiger partial charge in [0.25, 0.3) is 5.56 Å². The first-order chi connectivity index (χ1) is 8.32. The molecule has 1 fully saturated rings. The van der Waals surface area contributed by atoms with Gasteiger partial charge in [-0.2, -0.15) is 4.31 Å². The van der Waals surface area contributed by atoms with Crippen LogP contribution in [0.4, 0.5) is 0 Å². The summed E-state index contributed by atoms with van der Waals surface area (Å²) >= 11 is 0. The Morgan fingerprint density at radius 1 is 1.39 bits per heavy atom. The molecule has 2 rings (SSSR count). The molecule has 1 saturated heterocycles. The van der Waals surface area contributed by atoms with Gasteiger partial charge in [-0.05, 0) is 0 Å². The monoisotopic (exact) mass is 275 g/mol. The van der Waals surface area contributed by atoms with E-state index in [0.717, 1.165) is 10.5 Å². The molecule has 1 aromatic rings. The van der Waals surface area contributed by atoms with E-state index in [0.29, 0.717) is 0 Å². The van der Waals surface area contributed by atoms with Crippen LogP contribution in [-0.2, 0) is 14.8 Å². The van der Waals surface area contributed by atoms with E-state index in [9.17, 15) is 22.8 Å². The normalized spacial score (nSPS) is 17.3. The maximum atomic E-state index is 11.9. The van der Waals surface area contributed by atoms with E-state index in [2.05, 4.69) is 4.98 Å². The smallest absolute Gasteiger partial charge is 0.325 e. The van der Waals surface area contributed by atoms with Gasteiger partial charge in [-0.15, -0.1) is 0 Å². The second kappa shape index (κ2) is 4.07. The van der Waals surface area contributed by atoms with E-state index in [4.69, 9.17) is 5.11 Å². The Morgan fingerprint density at radius 2 is 2.00 bits per heavy atom. The molecule has 0 amide bonds. The summed E-state index contributed by atoms with van der Waals surface area (Å²) < 4.78 is 24.7. The van der Waals surface area contributed by atoms with Crippen molar-refractivity contribution < 1.29 is 18.3 Å². The van der Waals surface area contributed by atoms with Crippen molar-refractivity contribution in [3.63, 3.8) is 0 Å². The van der Waals surface area contributed by atoms with Gasteiger partial charge in [0.2, 0.25) is 10.0 Å². The van der Waals surface area contributed by atoms with Crippen molar-refractivity contribution in [1.29, 1.82) is 0 Å². The van der Waals surface area contributed by atoms with Crippen LogP contribution in [0.1, 0.15) is 0 Å². The van der Waals surface area contributed by atoms with Crippen molar-refractivity contribution in [2.75, 3.05) is 13.1 Å². The molecule has 2 heterocycles. The molecule has 1 aromatic heterocycles. The molecule has 98 valence electrons. The molecule has 1 aliphatic heterocycles. The lowest BCUT2D eigenvalue weighted by atomic mass is 10.0. The number of rotatable bonds is 3. The molecule has 0 spiro atoms. The fourth-order valence-corrected chi connectivity index (χ4v) is 3.04. The van der Waals surface area contributed by atoms with Crippen molar-refractivity contribution in [1.82, 2.24) is 14.3 Å². The Morgan fingerprint density at radius 3 is 2.50 bits per heavy atom. The van der Waals surface area contributed by atoms with E-state index in [1.165, 1.54) is 0 Å². The summed E-state index contributed by atoms with van der Waals surface area (Å²) in [5.41, 5.74) is -1.84. The van der Waals surface area contributed by atoms with Gasteiger partial charge in [-0.1, -0.05) is 0 Å². The van der Waals surface area contributed by atoms with Crippen molar-refractivity contribution >= 4 is 16.0 Å². The number of H-pyrrole nitrogens is 2. The van der Waals surface area contributed by atoms with Crippen LogP contribution >= 0.6 is 0 Å². The summed E-state index contributed by atoms with van der Waals surface area (Å²) in [7, 11) is -4.06. The summed E-state index contributed by atoms with van der Waals surface area (Å²) in [6, 6.07) is 0. The molecular formula is C8H9N3O6S. The average molecular weight is 275 g/mol. The van der Waals surface area contributed by atoms with Gasteiger partial charge in [0, 0.05) is 19.3 Å². The number of sulfonamides is 1. The third kappa shape index (κ3) is 1.95. The number of carboxylic acids is 1. The Labute approximate surface area is 100 Å². The summed E-state index contributed by atoms with van der Waals surface area (Å²) in [6.45, 7) is -0.369. The number of aliphatic carboxylic acids is 1. The summed E-state index contributed by atoms with van der Waals surface area (Å²) in [4.78, 5) is 35.9. The van der Waals surface area contributed by atoms with Crippen molar-refractivity contribution in [3.05, 3.63) is 27.0 Å². The van der Waals surface area contributed by atoms with Crippen LogP contribution in [0.15, 0.2) is 20.7 Å². The number of aromatic nitrogens is 2. The number of hydrogen-bond acceptors (Lipinski definition) is 5. The van der Waals surface area contributed by atoms with Crippen LogP contribution in [0.25, 0.3) is 0 Å². The Bertz CT molecular complexity index is 696. The quantitative estimate of drug-likeness (QED) is 0.570. The third-order valence-electron chi connectivity index (χ3n) is 2.60. The lowest BCUT2D eigenvalue weighted by Crippen LogP contribution is -2.53. The van der Waals surface area contributed by atoms with Crippen LogP contribution < -0.4 is 11.2 Å². The lowest BCUT2D eigenvalue weighted by Gasteiger charge is -2.34. The SMILES string of the molecule is O=C(O)C1CN(S(=O)(=O)c2c[nH]c(=O)[nH]c2=O)C1. The number of carboxylic acid groups (broad SMARTS) is 1. The molecule has 3 N–H and O–H groups in total. The third-order valence-corrected chi connectivity index (χ3v) is 4.44. The highest BCUT2D eigenvalue weighted by Gasteiger charge is 2.41. The zero-order valence-corrected chi connectivity index (χ0v) is 9.73. The number of nitrogens with one attached hydrogen (secondary N) is 2. The van der Waals surface area contributed by atoms with Gasteiger partial charge in [0.1, 0.15) is 0 Å². The molecular weight excluding hydrogens is 266 g/mol. The molecule has 0 bridgehead atoms. The molecule has 9 nitrogen and oxygen atoms in total. The predicted octanol–water partition coefficient (Wildman–Crippen LogP) is -2.23. The zero-order chi connectivity index (χ0) is 13.5. The molecule has 0 saturated carbocycles. The molecule has 0 aromatic carbocycles. The second-order valence-electron chi connectivity index (χ2n) is 3.79. The van der Waals surface area contributed by atoms with Gasteiger partial charge in [-0.25, -0.2) is 13.2 Å². The second-order valence-corrected chi connectivity index (χ2v) is 5.70. The van der Waals surface area contributed by atoms with E-state index in [-0.39, 0.29) is 13.1 Å². The van der Waals surface area contributed by atoms with Gasteiger partial charge in [0.15, 0.2) is 4.90 Å². The summed E-state index contributed by atoms with van der Waals surface area (Å²) in [5.74, 6) is -1.85. The minimum atomic E-state index is -4.06. The average Bonchev–Trinajstić information content (AvgIpc) is 2.12. The van der Waals surface area contributed by atoms with E-state index in [1.807, 2.05) is 0 Å². The molecule has 0 unspecified atom stereocenters. The van der Waals surface area contributed by atoms with Gasteiger partial charge < -0.3 is 10.1 Å². The van der Waals surface area contributed by atoms with Gasteiger partial charge >= 0.3 is 11.7 Å². The maximum Gasteiger partial charge on any atom is 0.325 e. The molecule has 0 aliphatic carbocycles. The minimum absolute atomic E-state index is 0.184. The lowest BCUT2D eigenvalue weighted by molar-refractivity contribution is -0.145. The highest BCUT2D eigenvalue weighted by molar-refractivity contribution is 7.89. The first kappa shape index (κ1) is 12.5. The zero-order valence-electron chi connectivity index (χ0n) is 8.91. The first-order valence-corrected chi connectivity index (χ1v) is 6.31. The van der Waals surface area contributed by atoms with E-state index < -0.39 is 38.1 Å². The highest BCUT2D eigenvalue weighted by atomic mass is 32.2. The van der Waals surface area contributed by atoms with Gasteiger partial charge in [-0.3, -0.25) is 14.6 Å². The van der Waals surface area contributed by atoms with Crippen molar-refractivity contribution in [2.45, 2.75) is 4.90 Å². The minimum Gasteiger partial charge on any atom is -0.481 e. The number of aromatic amines is 2. The highest BCUT2D eigenvalue weighted by Crippen LogP contribution is 2.22. The van der Waals surface area contributed by atoms with Crippen LogP contribution in [0.2, 0.25) is 0 Å². The van der Waals surface area contributed by atoms with Gasteiger partial charge in [0.05, 0.1) is 5.92 Å². The number of nitrogens with zero attached hydrogens (tertiary/aromatic N) is 1. The Hall–Kier alpha value is -1.94. The van der Waals surface area contributed by atoms with Crippen molar-refractivity contribution in [3.8, 4) is 0 Å². The Kier molecular flexibility index (Phi) is 2.83. The van der Waals surface area contributed by atoms with Crippen LogP contribution in [0.3, 0.4) is 0 Å². The molecule has 18 heavy (non-hydrogen) atoms. The predicted molar refractivity (Wildman–Crippen MR) is 57.6 cm³/mol. The number of carbonyl (C=O) groups is 1. The van der Waals surface area contributed by atoms with E-state index in [1.54, 1.807) is 4.98 Å². The van der Waals surface area contributed by atoms with E-state index >= 15 is 0 Å². The summed E-state index contributed by atoms with van der Waals surface area (Å²) in [6.07, 6.45) is 0.796. The molecule has 0 atom stereocenters. The van der Waals surface area contributed by atoms with Crippen molar-refractivity contribution in [2.24, 2.45) is 5.92 Å². The number of hydrogen-bond donors (Lipinski definition) is 3. The fourth-order valence-electron chi connectivity index (χ4n) is 1.52.